The fourth-order valence-corrected chi connectivity index (χ4v) is 5.05. The fourth-order valence-electron chi connectivity index (χ4n) is 3.66. The molecule has 0 aliphatic rings. The Morgan fingerprint density at radius 2 is 1.59 bits per heavy atom. The summed E-state index contributed by atoms with van der Waals surface area (Å²) in [5.41, 5.74) is 2.62. The Labute approximate surface area is 231 Å². The van der Waals surface area contributed by atoms with E-state index in [9.17, 15) is 9.36 Å². The van der Waals surface area contributed by atoms with E-state index in [2.05, 4.69) is 20.3 Å². The first kappa shape index (κ1) is 28.7. The molecule has 0 amide bonds. The highest BCUT2D eigenvalue weighted by Gasteiger charge is 2.29. The zero-order valence-corrected chi connectivity index (χ0v) is 23.2. The molecule has 11 nitrogen and oxygen atoms in total. The molecule has 0 aliphatic heterocycles. The number of ether oxygens (including phenoxy) is 1. The van der Waals surface area contributed by atoms with Crippen LogP contribution in [0.1, 0.15) is 18.1 Å². The first-order valence-electron chi connectivity index (χ1n) is 12.2. The third-order valence-electron chi connectivity index (χ3n) is 5.58. The van der Waals surface area contributed by atoms with E-state index >= 15 is 0 Å². The number of rotatable bonds is 14. The van der Waals surface area contributed by atoms with E-state index in [1.807, 2.05) is 60.7 Å². The van der Waals surface area contributed by atoms with Crippen LogP contribution in [0.25, 0.3) is 11.2 Å². The molecule has 0 saturated carbocycles. The highest BCUT2D eigenvalue weighted by Crippen LogP contribution is 2.51. The zero-order valence-electron chi connectivity index (χ0n) is 21.5. The summed E-state index contributed by atoms with van der Waals surface area (Å²) in [6, 6.07) is 18.6. The van der Waals surface area contributed by atoms with E-state index < -0.39 is 19.7 Å². The number of nitrogens with one attached hydrogen (secondary N) is 1. The molecule has 1 N–H and O–H groups in total. The van der Waals surface area contributed by atoms with Crippen molar-refractivity contribution in [3.8, 4) is 0 Å². The molecular weight excluding hydrogens is 545 g/mol. The Morgan fingerprint density at radius 1 is 0.974 bits per heavy atom. The van der Waals surface area contributed by atoms with Crippen molar-refractivity contribution in [2.75, 3.05) is 25.6 Å². The predicted octanol–water partition coefficient (Wildman–Crippen LogP) is 5.26. The number of halogens is 1. The Kier molecular flexibility index (Phi) is 10.0. The molecule has 2 heterocycles. The Balaban J connectivity index is 1.51. The normalized spacial score (nSPS) is 12.4. The van der Waals surface area contributed by atoms with Gasteiger partial charge in [0.1, 0.15) is 0 Å². The third-order valence-corrected chi connectivity index (χ3v) is 7.11. The van der Waals surface area contributed by atoms with E-state index in [0.717, 1.165) is 11.1 Å². The van der Waals surface area contributed by atoms with Crippen molar-refractivity contribution in [1.29, 1.82) is 0 Å². The Bertz CT molecular complexity index is 1380. The minimum Gasteiger partial charge on any atom is -0.465 e. The van der Waals surface area contributed by atoms with E-state index in [1.54, 1.807) is 17.9 Å². The first-order valence-corrected chi connectivity index (χ1v) is 14.0. The highest BCUT2D eigenvalue weighted by molar-refractivity contribution is 7.48. The number of phosphoric acid groups is 1. The maximum Gasteiger partial charge on any atom is 0.475 e. The van der Waals surface area contributed by atoms with Crippen molar-refractivity contribution in [1.82, 2.24) is 19.5 Å². The number of carbonyl (C=O) groups is 1. The molecule has 0 fully saturated rings. The number of anilines is 1. The topological polar surface area (TPSA) is 127 Å². The summed E-state index contributed by atoms with van der Waals surface area (Å²) in [4.78, 5) is 24.4. The smallest absolute Gasteiger partial charge is 0.465 e. The summed E-state index contributed by atoms with van der Waals surface area (Å²) < 4.78 is 37.9. The van der Waals surface area contributed by atoms with Crippen LogP contribution in [0, 0.1) is 5.92 Å². The molecule has 0 radical (unpaired) electrons. The molecule has 206 valence electrons. The number of carbonyl (C=O) groups excluding carboxylic acids is 1. The maximum absolute atomic E-state index is 13.7. The van der Waals surface area contributed by atoms with Crippen molar-refractivity contribution in [2.24, 2.45) is 5.92 Å². The molecule has 4 aromatic rings. The number of esters is 1. The van der Waals surface area contributed by atoms with Gasteiger partial charge in [0, 0.05) is 26.4 Å². The van der Waals surface area contributed by atoms with Gasteiger partial charge in [0.25, 0.3) is 0 Å². The number of hydrogen-bond donors (Lipinski definition) is 1. The van der Waals surface area contributed by atoms with Gasteiger partial charge in [-0.25, -0.2) is 9.55 Å². The van der Waals surface area contributed by atoms with Crippen LogP contribution >= 0.6 is 19.4 Å². The van der Waals surface area contributed by atoms with Crippen LogP contribution in [-0.2, 0) is 47.4 Å². The first-order chi connectivity index (χ1) is 18.8. The fraction of sp³-hybridized carbons (Fsp3) is 0.308. The van der Waals surface area contributed by atoms with Crippen LogP contribution in [0.15, 0.2) is 67.0 Å². The van der Waals surface area contributed by atoms with Crippen molar-refractivity contribution in [2.45, 2.75) is 26.7 Å². The van der Waals surface area contributed by atoms with Gasteiger partial charge in [-0.1, -0.05) is 60.7 Å². The minimum atomic E-state index is -4.03. The van der Waals surface area contributed by atoms with Gasteiger partial charge >= 0.3 is 13.8 Å². The van der Waals surface area contributed by atoms with Crippen LogP contribution in [0.4, 0.5) is 5.82 Å². The van der Waals surface area contributed by atoms with Crippen LogP contribution in [0.3, 0.4) is 0 Å². The average molecular weight is 574 g/mol. The number of hydrogen-bond acceptors (Lipinski definition) is 10. The molecule has 13 heteroatoms. The average Bonchev–Trinajstić information content (AvgIpc) is 3.35. The SMILES string of the molecule is CNc1nc(Cl)nc2c1ncn2CC(COC(C)=O)COP(=O)(OCc1ccccc1)OCc1ccccc1. The second kappa shape index (κ2) is 13.6. The standard InChI is InChI=1S/C26H29ClN5O6P/c1-19(33)35-14-22(13-32-18-29-23-24(28-2)30-26(27)31-25(23)32)17-38-39(34,36-15-20-9-5-3-6-10-20)37-16-21-11-7-4-8-12-21/h3-12,18,22H,13-17H2,1-2H3,(H,28,30,31). The second-order valence-corrected chi connectivity index (χ2v) is 10.6. The van der Waals surface area contributed by atoms with Gasteiger partial charge in [0.05, 0.1) is 32.8 Å². The molecule has 4 rings (SSSR count). The summed E-state index contributed by atoms with van der Waals surface area (Å²) in [6.07, 6.45) is 1.58. The van der Waals surface area contributed by atoms with Crippen LogP contribution in [-0.4, -0.2) is 45.7 Å². The molecule has 2 aromatic carbocycles. The van der Waals surface area contributed by atoms with E-state index in [-0.39, 0.29) is 38.3 Å². The lowest BCUT2D eigenvalue weighted by Crippen LogP contribution is -2.23. The quantitative estimate of drug-likeness (QED) is 0.121. The lowest BCUT2D eigenvalue weighted by Gasteiger charge is -2.22. The van der Waals surface area contributed by atoms with Gasteiger partial charge in [0.15, 0.2) is 17.0 Å². The second-order valence-electron chi connectivity index (χ2n) is 8.59. The lowest BCUT2D eigenvalue weighted by atomic mass is 10.2. The van der Waals surface area contributed by atoms with Crippen LogP contribution in [0.5, 0.6) is 0 Å². The summed E-state index contributed by atoms with van der Waals surface area (Å²) in [7, 11) is -2.33. The van der Waals surface area contributed by atoms with Gasteiger partial charge in [-0.3, -0.25) is 18.4 Å². The molecule has 2 aromatic heterocycles. The van der Waals surface area contributed by atoms with Gasteiger partial charge in [-0.2, -0.15) is 9.97 Å². The van der Waals surface area contributed by atoms with Gasteiger partial charge in [-0.05, 0) is 22.7 Å². The lowest BCUT2D eigenvalue weighted by molar-refractivity contribution is -0.142. The number of aromatic nitrogens is 4. The van der Waals surface area contributed by atoms with E-state index in [4.69, 9.17) is 29.9 Å². The third kappa shape index (κ3) is 8.32. The Morgan fingerprint density at radius 3 is 2.15 bits per heavy atom. The number of imidazole rings is 1. The zero-order chi connectivity index (χ0) is 27.7. The minimum absolute atomic E-state index is 0.00984. The van der Waals surface area contributed by atoms with E-state index in [1.165, 1.54) is 6.92 Å². The van der Waals surface area contributed by atoms with E-state index in [0.29, 0.717) is 17.0 Å². The molecule has 0 bridgehead atoms. The number of benzene rings is 2. The Hall–Kier alpha value is -3.34. The van der Waals surface area contributed by atoms with Gasteiger partial charge < -0.3 is 14.6 Å². The van der Waals surface area contributed by atoms with Crippen molar-refractivity contribution >= 4 is 42.4 Å². The predicted molar refractivity (Wildman–Crippen MR) is 146 cm³/mol. The highest BCUT2D eigenvalue weighted by atomic mass is 35.5. The summed E-state index contributed by atoms with van der Waals surface area (Å²) in [5.74, 6) is -0.432. The largest absolute Gasteiger partial charge is 0.475 e. The molecule has 0 saturated heterocycles. The summed E-state index contributed by atoms with van der Waals surface area (Å²) in [5, 5.41) is 2.99. The monoisotopic (exact) mass is 573 g/mol. The summed E-state index contributed by atoms with van der Waals surface area (Å²) >= 11 is 6.10. The molecule has 0 aliphatic carbocycles. The van der Waals surface area contributed by atoms with Crippen molar-refractivity contribution in [3.63, 3.8) is 0 Å². The number of nitrogens with zero attached hydrogens (tertiary/aromatic N) is 4. The molecule has 1 unspecified atom stereocenters. The number of phosphoric ester groups is 1. The molecule has 0 spiro atoms. The van der Waals surface area contributed by atoms with Gasteiger partial charge in [-0.15, -0.1) is 0 Å². The maximum atomic E-state index is 13.7. The van der Waals surface area contributed by atoms with Crippen LogP contribution < -0.4 is 5.32 Å². The van der Waals surface area contributed by atoms with Crippen molar-refractivity contribution < 1.29 is 27.7 Å². The van der Waals surface area contributed by atoms with Crippen molar-refractivity contribution in [3.05, 3.63) is 83.4 Å². The molecule has 39 heavy (non-hydrogen) atoms. The number of fused-ring (bicyclic) bond motifs is 1. The summed E-state index contributed by atoms with van der Waals surface area (Å²) in [6.45, 7) is 1.51. The van der Waals surface area contributed by atoms with Crippen LogP contribution in [0.2, 0.25) is 5.28 Å². The van der Waals surface area contributed by atoms with Gasteiger partial charge in [0.2, 0.25) is 5.28 Å². The molecular formula is C26H29ClN5O6P. The molecule has 1 atom stereocenters.